The van der Waals surface area contributed by atoms with Crippen molar-refractivity contribution in [2.24, 2.45) is 4.99 Å². The molecule has 0 unspecified atom stereocenters. The highest BCUT2D eigenvalue weighted by atomic mass is 35.5. The van der Waals surface area contributed by atoms with Crippen molar-refractivity contribution in [1.82, 2.24) is 0 Å². The summed E-state index contributed by atoms with van der Waals surface area (Å²) >= 11 is 6.02. The summed E-state index contributed by atoms with van der Waals surface area (Å²) in [7, 11) is 3.06. The van der Waals surface area contributed by atoms with Crippen molar-refractivity contribution in [3.8, 4) is 11.5 Å². The van der Waals surface area contributed by atoms with Crippen LogP contribution in [0.15, 0.2) is 11.1 Å². The Balaban J connectivity index is 3.33. The summed E-state index contributed by atoms with van der Waals surface area (Å²) in [6.07, 6.45) is 1.49. The maximum absolute atomic E-state index is 10.1. The predicted octanol–water partition coefficient (Wildman–Crippen LogP) is 2.50. The number of carbonyl (C=O) groups excluding carboxylic acids is 1. The maximum Gasteiger partial charge on any atom is 0.235 e. The van der Waals surface area contributed by atoms with E-state index in [9.17, 15) is 4.79 Å². The maximum atomic E-state index is 10.1. The minimum atomic E-state index is 0.232. The number of aliphatic imine (C=N–C) groups is 1. The van der Waals surface area contributed by atoms with Crippen LogP contribution in [0.3, 0.4) is 0 Å². The Morgan fingerprint density at radius 1 is 1.38 bits per heavy atom. The first-order chi connectivity index (χ1) is 7.65. The lowest BCUT2D eigenvalue weighted by atomic mass is 10.1. The molecule has 0 radical (unpaired) electrons. The zero-order valence-corrected chi connectivity index (χ0v) is 10.1. The molecule has 0 bridgehead atoms. The normalized spacial score (nSPS) is 9.50. The summed E-state index contributed by atoms with van der Waals surface area (Å²) in [5, 5.41) is 0.432. The van der Waals surface area contributed by atoms with E-state index in [1.807, 2.05) is 6.92 Å². The Morgan fingerprint density at radius 2 is 2.00 bits per heavy atom. The van der Waals surface area contributed by atoms with Crippen LogP contribution in [0.4, 0.5) is 0 Å². The quantitative estimate of drug-likeness (QED) is 0.601. The number of hydrogen-bond acceptors (Lipinski definition) is 4. The molecule has 0 saturated heterocycles. The molecule has 0 atom stereocenters. The first-order valence-electron chi connectivity index (χ1n) is 4.59. The molecule has 0 aliphatic rings. The first kappa shape index (κ1) is 12.6. The van der Waals surface area contributed by atoms with Gasteiger partial charge >= 0.3 is 0 Å². The van der Waals surface area contributed by atoms with Gasteiger partial charge in [-0.25, -0.2) is 9.79 Å². The predicted molar refractivity (Wildman–Crippen MR) is 61.1 cm³/mol. The van der Waals surface area contributed by atoms with Gasteiger partial charge in [0.25, 0.3) is 0 Å². The molecule has 86 valence electrons. The van der Waals surface area contributed by atoms with E-state index in [1.165, 1.54) is 20.3 Å². The van der Waals surface area contributed by atoms with Gasteiger partial charge in [0, 0.05) is 5.56 Å². The van der Waals surface area contributed by atoms with Crippen molar-refractivity contribution in [2.75, 3.05) is 14.2 Å². The van der Waals surface area contributed by atoms with Gasteiger partial charge in [0.05, 0.1) is 25.8 Å². The fourth-order valence-electron chi connectivity index (χ4n) is 1.47. The fraction of sp³-hybridized carbons (Fsp3) is 0.364. The average molecular weight is 242 g/mol. The van der Waals surface area contributed by atoms with Crippen LogP contribution in [0, 0.1) is 6.92 Å². The van der Waals surface area contributed by atoms with Crippen LogP contribution < -0.4 is 9.47 Å². The number of isocyanates is 1. The Kier molecular flexibility index (Phi) is 4.35. The molecule has 1 aromatic carbocycles. The molecule has 16 heavy (non-hydrogen) atoms. The zero-order valence-electron chi connectivity index (χ0n) is 9.33. The minimum absolute atomic E-state index is 0.232. The van der Waals surface area contributed by atoms with Gasteiger partial charge < -0.3 is 9.47 Å². The molecule has 0 saturated carbocycles. The summed E-state index contributed by atoms with van der Waals surface area (Å²) in [6, 6.07) is 1.71. The molecular weight excluding hydrogens is 230 g/mol. The van der Waals surface area contributed by atoms with Crippen molar-refractivity contribution in [3.05, 3.63) is 22.2 Å². The number of halogens is 1. The van der Waals surface area contributed by atoms with Gasteiger partial charge in [-0.15, -0.1) is 0 Å². The minimum Gasteiger partial charge on any atom is -0.493 e. The molecule has 0 N–H and O–H groups in total. The Labute approximate surface area is 98.8 Å². The van der Waals surface area contributed by atoms with Crippen LogP contribution >= 0.6 is 11.6 Å². The lowest BCUT2D eigenvalue weighted by Crippen LogP contribution is -1.98. The second-order valence-corrected chi connectivity index (χ2v) is 3.52. The van der Waals surface area contributed by atoms with Crippen LogP contribution in [-0.4, -0.2) is 20.3 Å². The van der Waals surface area contributed by atoms with E-state index in [-0.39, 0.29) is 6.54 Å². The number of nitrogens with zero attached hydrogens (tertiary/aromatic N) is 1. The molecule has 0 spiro atoms. The summed E-state index contributed by atoms with van der Waals surface area (Å²) in [6.45, 7) is 2.09. The molecule has 0 amide bonds. The van der Waals surface area contributed by atoms with E-state index in [0.717, 1.165) is 11.1 Å². The lowest BCUT2D eigenvalue weighted by molar-refractivity contribution is 0.352. The molecule has 0 fully saturated rings. The SMILES string of the molecule is COc1c(Cl)cc(CN=C=O)c(C)c1OC. The van der Waals surface area contributed by atoms with E-state index in [0.29, 0.717) is 16.5 Å². The van der Waals surface area contributed by atoms with Gasteiger partial charge in [-0.1, -0.05) is 11.6 Å². The Hall–Kier alpha value is -1.51. The molecule has 0 aliphatic carbocycles. The first-order valence-corrected chi connectivity index (χ1v) is 4.97. The second-order valence-electron chi connectivity index (χ2n) is 3.12. The van der Waals surface area contributed by atoms with E-state index in [4.69, 9.17) is 21.1 Å². The van der Waals surface area contributed by atoms with Crippen LogP contribution in [-0.2, 0) is 11.3 Å². The third-order valence-electron chi connectivity index (χ3n) is 2.27. The average Bonchev–Trinajstić information content (AvgIpc) is 2.29. The zero-order chi connectivity index (χ0) is 12.1. The van der Waals surface area contributed by atoms with Gasteiger partial charge in [-0.3, -0.25) is 0 Å². The fourth-order valence-corrected chi connectivity index (χ4v) is 1.76. The Morgan fingerprint density at radius 3 is 2.50 bits per heavy atom. The molecule has 4 nitrogen and oxygen atoms in total. The standard InChI is InChI=1S/C11H12ClNO3/c1-7-8(5-13-6-14)4-9(12)11(16-3)10(7)15-2/h4H,5H2,1-3H3. The van der Waals surface area contributed by atoms with E-state index >= 15 is 0 Å². The van der Waals surface area contributed by atoms with Crippen molar-refractivity contribution >= 4 is 17.7 Å². The third kappa shape index (κ3) is 2.35. The number of benzene rings is 1. The summed E-state index contributed by atoms with van der Waals surface area (Å²) in [5.41, 5.74) is 1.66. The van der Waals surface area contributed by atoms with Crippen LogP contribution in [0.1, 0.15) is 11.1 Å². The number of hydrogen-bond donors (Lipinski definition) is 0. The topological polar surface area (TPSA) is 47.9 Å². The molecule has 1 rings (SSSR count). The molecule has 0 aromatic heterocycles. The number of methoxy groups -OCH3 is 2. The highest BCUT2D eigenvalue weighted by Gasteiger charge is 2.15. The van der Waals surface area contributed by atoms with Gasteiger partial charge in [-0.05, 0) is 18.6 Å². The monoisotopic (exact) mass is 241 g/mol. The summed E-state index contributed by atoms with van der Waals surface area (Å²) < 4.78 is 10.4. The van der Waals surface area contributed by atoms with Gasteiger partial charge in [0.2, 0.25) is 6.08 Å². The molecule has 1 aromatic rings. The van der Waals surface area contributed by atoms with E-state index in [2.05, 4.69) is 4.99 Å². The summed E-state index contributed by atoms with van der Waals surface area (Å²) in [4.78, 5) is 13.6. The van der Waals surface area contributed by atoms with Crippen molar-refractivity contribution in [1.29, 1.82) is 0 Å². The van der Waals surface area contributed by atoms with E-state index in [1.54, 1.807) is 6.07 Å². The van der Waals surface area contributed by atoms with Crippen LogP contribution in [0.25, 0.3) is 0 Å². The molecule has 5 heteroatoms. The lowest BCUT2D eigenvalue weighted by Gasteiger charge is -2.14. The number of ether oxygens (including phenoxy) is 2. The highest BCUT2D eigenvalue weighted by molar-refractivity contribution is 6.32. The van der Waals surface area contributed by atoms with Gasteiger partial charge in [0.1, 0.15) is 0 Å². The van der Waals surface area contributed by atoms with Gasteiger partial charge in [-0.2, -0.15) is 0 Å². The number of rotatable bonds is 4. The van der Waals surface area contributed by atoms with E-state index < -0.39 is 0 Å². The van der Waals surface area contributed by atoms with Crippen LogP contribution in [0.5, 0.6) is 11.5 Å². The molecule has 0 heterocycles. The molecular formula is C11H12ClNO3. The third-order valence-corrected chi connectivity index (χ3v) is 2.55. The van der Waals surface area contributed by atoms with Crippen LogP contribution in [0.2, 0.25) is 5.02 Å². The largest absolute Gasteiger partial charge is 0.493 e. The van der Waals surface area contributed by atoms with Gasteiger partial charge in [0.15, 0.2) is 11.5 Å². The van der Waals surface area contributed by atoms with Crippen molar-refractivity contribution in [3.63, 3.8) is 0 Å². The summed E-state index contributed by atoms with van der Waals surface area (Å²) in [5.74, 6) is 1.05. The van der Waals surface area contributed by atoms with Crippen molar-refractivity contribution < 1.29 is 14.3 Å². The van der Waals surface area contributed by atoms with Crippen molar-refractivity contribution in [2.45, 2.75) is 13.5 Å². The Bertz CT molecular complexity index is 439. The highest BCUT2D eigenvalue weighted by Crippen LogP contribution is 2.39. The smallest absolute Gasteiger partial charge is 0.235 e. The molecule has 0 aliphatic heterocycles. The second kappa shape index (κ2) is 5.54.